The molecular weight excluding hydrogens is 426 g/mol. The lowest BCUT2D eigenvalue weighted by atomic mass is 10.0. The molecule has 0 fully saturated rings. The van der Waals surface area contributed by atoms with Crippen LogP contribution < -0.4 is 15.5 Å². The van der Waals surface area contributed by atoms with Gasteiger partial charge >= 0.3 is 5.69 Å². The maximum atomic E-state index is 12.9. The van der Waals surface area contributed by atoms with Gasteiger partial charge in [-0.3, -0.25) is 4.79 Å². The fourth-order valence-corrected chi connectivity index (χ4v) is 3.60. The van der Waals surface area contributed by atoms with Crippen LogP contribution in [0.3, 0.4) is 0 Å². The quantitative estimate of drug-likeness (QED) is 0.394. The summed E-state index contributed by atoms with van der Waals surface area (Å²) in [5.41, 5.74) is 4.66. The van der Waals surface area contributed by atoms with Crippen LogP contribution in [0.1, 0.15) is 10.4 Å². The zero-order valence-electron chi connectivity index (χ0n) is 19.8. The van der Waals surface area contributed by atoms with Gasteiger partial charge in [0.25, 0.3) is 0 Å². The van der Waals surface area contributed by atoms with Gasteiger partial charge in [-0.05, 0) is 24.3 Å². The number of hydrogen-bond donors (Lipinski definition) is 0. The molecule has 1 heterocycles. The van der Waals surface area contributed by atoms with Crippen molar-refractivity contribution in [3.8, 4) is 22.5 Å². The molecule has 0 radical (unpaired) electrons. The summed E-state index contributed by atoms with van der Waals surface area (Å²) in [5.74, 6) is -0.200. The first kappa shape index (κ1) is 22.9. The van der Waals surface area contributed by atoms with Crippen molar-refractivity contribution in [1.82, 2.24) is 14.8 Å². The van der Waals surface area contributed by atoms with Gasteiger partial charge in [0.2, 0.25) is 0 Å². The number of anilines is 2. The Morgan fingerprint density at radius 2 is 1.24 bits per heavy atom. The number of benzene rings is 3. The van der Waals surface area contributed by atoms with E-state index in [1.165, 1.54) is 0 Å². The molecule has 0 saturated carbocycles. The minimum Gasteiger partial charge on any atom is -0.378 e. The standard InChI is InChI=1S/C27H27N5O2/c1-30(2)22-14-10-20(11-15-22)25-26(21-12-16-23(17-13-21)31(3)4)29-32(27(34)28-25)18-24(33)19-8-6-5-7-9-19/h5-17H,18H2,1-4H3. The Labute approximate surface area is 198 Å². The number of aromatic nitrogens is 3. The van der Waals surface area contributed by atoms with E-state index in [2.05, 4.69) is 10.1 Å². The van der Waals surface area contributed by atoms with Gasteiger partial charge in [-0.1, -0.05) is 54.6 Å². The van der Waals surface area contributed by atoms with Crippen LogP contribution in [-0.2, 0) is 6.54 Å². The zero-order valence-corrected chi connectivity index (χ0v) is 19.8. The van der Waals surface area contributed by atoms with Gasteiger partial charge in [0.1, 0.15) is 17.9 Å². The second kappa shape index (κ2) is 9.70. The summed E-state index contributed by atoms with van der Waals surface area (Å²) >= 11 is 0. The molecule has 34 heavy (non-hydrogen) atoms. The van der Waals surface area contributed by atoms with Crippen LogP contribution in [0.4, 0.5) is 11.4 Å². The Kier molecular flexibility index (Phi) is 6.54. The first-order chi connectivity index (χ1) is 16.3. The Morgan fingerprint density at radius 3 is 1.74 bits per heavy atom. The van der Waals surface area contributed by atoms with Crippen LogP contribution in [0.2, 0.25) is 0 Å². The first-order valence-electron chi connectivity index (χ1n) is 11.0. The summed E-state index contributed by atoms with van der Waals surface area (Å²) in [6.45, 7) is -0.182. The highest BCUT2D eigenvalue weighted by molar-refractivity contribution is 5.95. The minimum absolute atomic E-state index is 0.182. The third-order valence-corrected chi connectivity index (χ3v) is 5.58. The first-order valence-corrected chi connectivity index (χ1v) is 11.0. The lowest BCUT2D eigenvalue weighted by molar-refractivity contribution is 0.0965. The summed E-state index contributed by atoms with van der Waals surface area (Å²) in [4.78, 5) is 34.0. The molecule has 0 amide bonds. The van der Waals surface area contributed by atoms with E-state index >= 15 is 0 Å². The maximum Gasteiger partial charge on any atom is 0.365 e. The monoisotopic (exact) mass is 453 g/mol. The van der Waals surface area contributed by atoms with Crippen LogP contribution in [0.15, 0.2) is 83.7 Å². The molecule has 0 aliphatic carbocycles. The Balaban J connectivity index is 1.81. The summed E-state index contributed by atoms with van der Waals surface area (Å²) < 4.78 is 1.14. The van der Waals surface area contributed by atoms with Crippen molar-refractivity contribution in [2.24, 2.45) is 0 Å². The van der Waals surface area contributed by atoms with Gasteiger partial charge in [-0.2, -0.15) is 10.1 Å². The Bertz CT molecular complexity index is 1340. The van der Waals surface area contributed by atoms with Crippen molar-refractivity contribution in [3.63, 3.8) is 0 Å². The van der Waals surface area contributed by atoms with E-state index in [9.17, 15) is 9.59 Å². The van der Waals surface area contributed by atoms with Crippen LogP contribution in [0.5, 0.6) is 0 Å². The van der Waals surface area contributed by atoms with Crippen molar-refractivity contribution in [3.05, 3.63) is 94.9 Å². The number of carbonyl (C=O) groups is 1. The molecule has 0 N–H and O–H groups in total. The van der Waals surface area contributed by atoms with E-state index < -0.39 is 5.69 Å². The van der Waals surface area contributed by atoms with Gasteiger partial charge in [0.15, 0.2) is 5.78 Å². The van der Waals surface area contributed by atoms with E-state index in [1.54, 1.807) is 24.3 Å². The highest BCUT2D eigenvalue weighted by atomic mass is 16.2. The third-order valence-electron chi connectivity index (χ3n) is 5.58. The molecule has 7 nitrogen and oxygen atoms in total. The lowest BCUT2D eigenvalue weighted by Crippen LogP contribution is -2.30. The molecule has 0 aliphatic heterocycles. The van der Waals surface area contributed by atoms with Gasteiger partial charge < -0.3 is 9.80 Å². The fourth-order valence-electron chi connectivity index (χ4n) is 3.60. The molecule has 4 aromatic rings. The topological polar surface area (TPSA) is 71.3 Å². The van der Waals surface area contributed by atoms with Crippen LogP contribution in [0.25, 0.3) is 22.5 Å². The Morgan fingerprint density at radius 1 is 0.735 bits per heavy atom. The molecule has 3 aromatic carbocycles. The van der Waals surface area contributed by atoms with Crippen LogP contribution >= 0.6 is 0 Å². The summed E-state index contributed by atoms with van der Waals surface area (Å²) in [6.07, 6.45) is 0. The number of hydrogen-bond acceptors (Lipinski definition) is 6. The van der Waals surface area contributed by atoms with Crippen molar-refractivity contribution in [1.29, 1.82) is 0 Å². The highest BCUT2D eigenvalue weighted by Gasteiger charge is 2.17. The zero-order chi connectivity index (χ0) is 24.2. The Hall–Kier alpha value is -4.26. The molecule has 0 atom stereocenters. The molecule has 0 unspecified atom stereocenters. The van der Waals surface area contributed by atoms with Crippen LogP contribution in [-0.4, -0.2) is 48.7 Å². The normalized spacial score (nSPS) is 10.7. The molecule has 0 saturated heterocycles. The fraction of sp³-hybridized carbons (Fsp3) is 0.185. The van der Waals surface area contributed by atoms with E-state index in [0.717, 1.165) is 27.2 Å². The SMILES string of the molecule is CN(C)c1ccc(-c2nc(=O)n(CC(=O)c3ccccc3)nc2-c2ccc(N(C)C)cc2)cc1. The minimum atomic E-state index is -0.565. The second-order valence-electron chi connectivity index (χ2n) is 8.42. The molecule has 172 valence electrons. The summed E-state index contributed by atoms with van der Waals surface area (Å²) in [5, 5.41) is 4.61. The second-order valence-corrected chi connectivity index (χ2v) is 8.42. The predicted molar refractivity (Wildman–Crippen MR) is 137 cm³/mol. The maximum absolute atomic E-state index is 12.9. The number of rotatable bonds is 7. The molecule has 7 heteroatoms. The molecule has 0 spiro atoms. The summed E-state index contributed by atoms with van der Waals surface area (Å²) in [6, 6.07) is 24.5. The van der Waals surface area contributed by atoms with Gasteiger partial charge in [-0.25, -0.2) is 9.48 Å². The third kappa shape index (κ3) is 4.88. The number of nitrogens with zero attached hydrogens (tertiary/aromatic N) is 5. The summed E-state index contributed by atoms with van der Waals surface area (Å²) in [7, 11) is 7.89. The van der Waals surface area contributed by atoms with Gasteiger partial charge in [0, 0.05) is 56.3 Å². The van der Waals surface area contributed by atoms with Crippen molar-refractivity contribution in [2.75, 3.05) is 38.0 Å². The molecule has 1 aromatic heterocycles. The molecule has 4 rings (SSSR count). The van der Waals surface area contributed by atoms with Crippen LogP contribution in [0, 0.1) is 0 Å². The van der Waals surface area contributed by atoms with Gasteiger partial charge in [-0.15, -0.1) is 0 Å². The molecular formula is C27H27N5O2. The van der Waals surface area contributed by atoms with E-state index in [4.69, 9.17) is 0 Å². The number of Topliss-reactive ketones (excluding diaryl/α,β-unsaturated/α-hetero) is 1. The van der Waals surface area contributed by atoms with E-state index in [-0.39, 0.29) is 12.3 Å². The number of ketones is 1. The number of carbonyl (C=O) groups excluding carboxylic acids is 1. The average Bonchev–Trinajstić information content (AvgIpc) is 2.85. The molecule has 0 aliphatic rings. The van der Waals surface area contributed by atoms with Crippen molar-refractivity contribution >= 4 is 17.2 Å². The highest BCUT2D eigenvalue weighted by Crippen LogP contribution is 2.30. The predicted octanol–water partition coefficient (Wildman–Crippen LogP) is 3.99. The van der Waals surface area contributed by atoms with Crippen molar-refractivity contribution in [2.45, 2.75) is 6.54 Å². The van der Waals surface area contributed by atoms with Crippen molar-refractivity contribution < 1.29 is 4.79 Å². The average molecular weight is 454 g/mol. The lowest BCUT2D eigenvalue weighted by Gasteiger charge is -2.15. The van der Waals surface area contributed by atoms with E-state index in [1.807, 2.05) is 92.6 Å². The molecule has 0 bridgehead atoms. The van der Waals surface area contributed by atoms with E-state index in [0.29, 0.717) is 17.0 Å². The largest absolute Gasteiger partial charge is 0.378 e. The smallest absolute Gasteiger partial charge is 0.365 e. The van der Waals surface area contributed by atoms with Gasteiger partial charge in [0.05, 0.1) is 0 Å².